The van der Waals surface area contributed by atoms with E-state index in [9.17, 15) is 4.55 Å². The van der Waals surface area contributed by atoms with Gasteiger partial charge in [0.15, 0.2) is 11.2 Å². The maximum atomic E-state index is 12.4. The van der Waals surface area contributed by atoms with Crippen LogP contribution in [0.5, 0.6) is 0 Å². The Balaban J connectivity index is 2.09. The van der Waals surface area contributed by atoms with Gasteiger partial charge < -0.3 is 9.29 Å². The van der Waals surface area contributed by atoms with Gasteiger partial charge in [-0.25, -0.2) is 0 Å². The van der Waals surface area contributed by atoms with Crippen molar-refractivity contribution < 1.29 is 9.29 Å². The Morgan fingerprint density at radius 1 is 1.20 bits per heavy atom. The molecule has 1 unspecified atom stereocenters. The maximum absolute atomic E-state index is 12.4. The van der Waals surface area contributed by atoms with Gasteiger partial charge in [0.25, 0.3) is 0 Å². The summed E-state index contributed by atoms with van der Waals surface area (Å²) < 4.78 is 18.1. The van der Waals surface area contributed by atoms with Crippen LogP contribution >= 0.6 is 0 Å². The molecular weight excluding hydrogens is 268 g/mol. The van der Waals surface area contributed by atoms with Crippen molar-refractivity contribution in [3.8, 4) is 0 Å². The molecule has 1 aliphatic carbocycles. The second-order valence-corrected chi connectivity index (χ2v) is 6.15. The van der Waals surface area contributed by atoms with Gasteiger partial charge in [-0.1, -0.05) is 35.9 Å². The van der Waals surface area contributed by atoms with E-state index in [1.807, 2.05) is 43.3 Å². The predicted octanol–water partition coefficient (Wildman–Crippen LogP) is 4.19. The van der Waals surface area contributed by atoms with Crippen LogP contribution in [0.3, 0.4) is 0 Å². The maximum Gasteiger partial charge on any atom is 0.207 e. The van der Waals surface area contributed by atoms with Crippen molar-refractivity contribution in [1.82, 2.24) is 0 Å². The largest absolute Gasteiger partial charge is 0.607 e. The third-order valence-electron chi connectivity index (χ3n) is 3.39. The highest BCUT2D eigenvalue weighted by molar-refractivity contribution is 8.03. The smallest absolute Gasteiger partial charge is 0.207 e. The molecule has 20 heavy (non-hydrogen) atoms. The van der Waals surface area contributed by atoms with Gasteiger partial charge in [0.1, 0.15) is 6.26 Å². The molecule has 0 saturated heterocycles. The average Bonchev–Trinajstić information content (AvgIpc) is 2.49. The highest BCUT2D eigenvalue weighted by Crippen LogP contribution is 2.36. The highest BCUT2D eigenvalue weighted by Gasteiger charge is 2.28. The van der Waals surface area contributed by atoms with Crippen LogP contribution < -0.4 is 0 Å². The zero-order valence-electron chi connectivity index (χ0n) is 11.3. The third-order valence-corrected chi connectivity index (χ3v) is 4.57. The normalized spacial score (nSPS) is 21.7. The first-order chi connectivity index (χ1) is 9.75. The van der Waals surface area contributed by atoms with Crippen LogP contribution in [-0.2, 0) is 15.9 Å². The van der Waals surface area contributed by atoms with E-state index in [1.165, 1.54) is 11.8 Å². The zero-order chi connectivity index (χ0) is 13.9. The molecule has 1 atom stereocenters. The number of allylic oxidation sites excluding steroid dienone is 4. The summed E-state index contributed by atoms with van der Waals surface area (Å²) in [5, 5.41) is 1.60. The fraction of sp³-hybridized carbons (Fsp3) is 0.176. The molecule has 3 heteroatoms. The van der Waals surface area contributed by atoms with Crippen LogP contribution in [0.2, 0.25) is 0 Å². The average molecular weight is 284 g/mol. The number of aryl methyl sites for hydroxylation is 1. The first kappa shape index (κ1) is 13.3. The number of hydrogen-bond donors (Lipinski definition) is 0. The molecule has 0 bridgehead atoms. The molecule has 0 N–H and O–H groups in total. The molecular formula is C17H16O2S. The van der Waals surface area contributed by atoms with Gasteiger partial charge in [-0.3, -0.25) is 0 Å². The summed E-state index contributed by atoms with van der Waals surface area (Å²) in [6.07, 6.45) is 9.66. The molecule has 102 valence electrons. The van der Waals surface area contributed by atoms with Crippen LogP contribution in [-0.4, -0.2) is 4.55 Å². The lowest BCUT2D eigenvalue weighted by Gasteiger charge is -2.21. The summed E-state index contributed by atoms with van der Waals surface area (Å²) in [5.41, 5.74) is 3.26. The van der Waals surface area contributed by atoms with Crippen LogP contribution in [0.1, 0.15) is 24.0 Å². The molecule has 0 saturated carbocycles. The lowest BCUT2D eigenvalue weighted by atomic mass is 10.0. The van der Waals surface area contributed by atoms with Gasteiger partial charge in [0, 0.05) is 22.3 Å². The van der Waals surface area contributed by atoms with Crippen molar-refractivity contribution in [2.45, 2.75) is 19.8 Å². The van der Waals surface area contributed by atoms with Crippen molar-refractivity contribution in [3.63, 3.8) is 0 Å². The second-order valence-electron chi connectivity index (χ2n) is 4.87. The SMILES string of the molecule is Cc1ccc(C2=C(C3=CC=CCC3)OC=C[S+]2[O-])cc1. The topological polar surface area (TPSA) is 32.3 Å². The summed E-state index contributed by atoms with van der Waals surface area (Å²) in [6.45, 7) is 2.04. The third kappa shape index (κ3) is 2.60. The summed E-state index contributed by atoms with van der Waals surface area (Å²) in [4.78, 5) is 0.772. The Labute approximate surface area is 122 Å². The zero-order valence-corrected chi connectivity index (χ0v) is 12.2. The van der Waals surface area contributed by atoms with E-state index in [0.717, 1.165) is 34.6 Å². The van der Waals surface area contributed by atoms with Gasteiger partial charge in [-0.2, -0.15) is 0 Å². The van der Waals surface area contributed by atoms with E-state index in [2.05, 4.69) is 6.08 Å². The highest BCUT2D eigenvalue weighted by atomic mass is 32.2. The minimum absolute atomic E-state index is 0.749. The number of hydrogen-bond acceptors (Lipinski definition) is 2. The molecule has 1 aromatic carbocycles. The standard InChI is InChI=1S/C17H16O2S/c1-13-7-9-15(10-8-13)17-16(19-11-12-20(17)18)14-5-3-2-4-6-14/h2-3,5,7-12H,4,6H2,1H3. The molecule has 0 fully saturated rings. The van der Waals surface area contributed by atoms with Crippen molar-refractivity contribution in [2.75, 3.05) is 0 Å². The number of rotatable bonds is 2. The summed E-state index contributed by atoms with van der Waals surface area (Å²) >= 11 is -1.16. The molecule has 1 heterocycles. The molecule has 1 aliphatic heterocycles. The number of ether oxygens (including phenoxy) is 1. The Morgan fingerprint density at radius 3 is 2.70 bits per heavy atom. The first-order valence-electron chi connectivity index (χ1n) is 6.67. The van der Waals surface area contributed by atoms with E-state index < -0.39 is 11.2 Å². The summed E-state index contributed by atoms with van der Waals surface area (Å²) in [7, 11) is 0. The van der Waals surface area contributed by atoms with E-state index in [1.54, 1.807) is 5.41 Å². The lowest BCUT2D eigenvalue weighted by Crippen LogP contribution is -2.11. The summed E-state index contributed by atoms with van der Waals surface area (Å²) in [6, 6.07) is 8.07. The minimum Gasteiger partial charge on any atom is -0.607 e. The van der Waals surface area contributed by atoms with E-state index in [-0.39, 0.29) is 0 Å². The molecule has 0 radical (unpaired) electrons. The van der Waals surface area contributed by atoms with Crippen LogP contribution in [0, 0.1) is 6.92 Å². The molecule has 1 aromatic rings. The van der Waals surface area contributed by atoms with Crippen LogP contribution in [0.25, 0.3) is 4.91 Å². The predicted molar refractivity (Wildman–Crippen MR) is 82.9 cm³/mol. The van der Waals surface area contributed by atoms with Crippen molar-refractivity contribution >= 4 is 16.1 Å². The monoisotopic (exact) mass is 284 g/mol. The molecule has 0 spiro atoms. The van der Waals surface area contributed by atoms with Gasteiger partial charge >= 0.3 is 0 Å². The second kappa shape index (κ2) is 5.73. The molecule has 0 aromatic heterocycles. The Morgan fingerprint density at radius 2 is 2.00 bits per heavy atom. The first-order valence-corrected chi connectivity index (χ1v) is 7.88. The molecule has 2 aliphatic rings. The van der Waals surface area contributed by atoms with E-state index in [0.29, 0.717) is 0 Å². The Kier molecular flexibility index (Phi) is 3.81. The van der Waals surface area contributed by atoms with Crippen molar-refractivity contribution in [3.05, 3.63) is 76.6 Å². The fourth-order valence-corrected chi connectivity index (χ4v) is 3.35. The van der Waals surface area contributed by atoms with Crippen molar-refractivity contribution in [2.24, 2.45) is 0 Å². The van der Waals surface area contributed by atoms with E-state index >= 15 is 0 Å². The van der Waals surface area contributed by atoms with Gasteiger partial charge in [0.05, 0.1) is 0 Å². The van der Waals surface area contributed by atoms with E-state index in [4.69, 9.17) is 4.74 Å². The quantitative estimate of drug-likeness (QED) is 0.763. The van der Waals surface area contributed by atoms with Gasteiger partial charge in [-0.05, 0) is 31.9 Å². The molecule has 2 nitrogen and oxygen atoms in total. The van der Waals surface area contributed by atoms with Crippen molar-refractivity contribution in [1.29, 1.82) is 0 Å². The van der Waals surface area contributed by atoms with Gasteiger partial charge in [0.2, 0.25) is 4.91 Å². The Hall–Kier alpha value is -1.71. The molecule has 0 amide bonds. The minimum atomic E-state index is -1.16. The van der Waals surface area contributed by atoms with Crippen LogP contribution in [0.4, 0.5) is 0 Å². The fourth-order valence-electron chi connectivity index (χ4n) is 2.32. The lowest BCUT2D eigenvalue weighted by molar-refractivity contribution is 0.359. The van der Waals surface area contributed by atoms with Crippen LogP contribution in [0.15, 0.2) is 65.5 Å². The van der Waals surface area contributed by atoms with Gasteiger partial charge in [-0.15, -0.1) is 0 Å². The summed E-state index contributed by atoms with van der Waals surface area (Å²) in [5.74, 6) is 0.749. The Bertz CT molecular complexity index is 621. The molecule has 3 rings (SSSR count). The number of benzene rings is 1.